The number of hydrogen-bond acceptors (Lipinski definition) is 5. The normalized spacial score (nSPS) is 10.8. The number of rotatable bonds is 4. The van der Waals surface area contributed by atoms with Gasteiger partial charge in [-0.15, -0.1) is 0 Å². The maximum absolute atomic E-state index is 12.1. The van der Waals surface area contributed by atoms with Gasteiger partial charge in [0.25, 0.3) is 5.56 Å². The minimum Gasteiger partial charge on any atom is -0.493 e. The van der Waals surface area contributed by atoms with E-state index in [1.807, 2.05) is 0 Å². The summed E-state index contributed by atoms with van der Waals surface area (Å²) in [5, 5.41) is 16.6. The quantitative estimate of drug-likeness (QED) is 0.363. The van der Waals surface area contributed by atoms with Crippen molar-refractivity contribution in [2.75, 3.05) is 5.32 Å². The third kappa shape index (κ3) is 4.35. The Labute approximate surface area is 166 Å². The Bertz CT molecular complexity index is 1140. The van der Waals surface area contributed by atoms with Crippen molar-refractivity contribution in [3.63, 3.8) is 0 Å². The second-order valence-electron chi connectivity index (χ2n) is 5.50. The van der Waals surface area contributed by atoms with Crippen LogP contribution in [-0.4, -0.2) is 26.9 Å². The molecule has 0 fully saturated rings. The smallest absolute Gasteiger partial charge is 0.339 e. The number of nitrogens with one attached hydrogen (secondary N) is 3. The molecule has 3 aromatic rings. The molecule has 0 aliphatic heterocycles. The molecular formula is C18H14BrN5O4. The summed E-state index contributed by atoms with van der Waals surface area (Å²) in [6, 6.07) is 14.6. The van der Waals surface area contributed by atoms with Gasteiger partial charge in [-0.25, -0.2) is 19.6 Å². The highest BCUT2D eigenvalue weighted by Crippen LogP contribution is 2.17. The molecule has 2 amide bonds. The van der Waals surface area contributed by atoms with Crippen LogP contribution in [0.25, 0.3) is 5.69 Å². The number of aromatic amines is 1. The number of benzene rings is 2. The molecule has 28 heavy (non-hydrogen) atoms. The van der Waals surface area contributed by atoms with Crippen LogP contribution in [0, 0.1) is 0 Å². The van der Waals surface area contributed by atoms with Crippen molar-refractivity contribution in [2.24, 2.45) is 5.10 Å². The lowest BCUT2D eigenvalue weighted by Gasteiger charge is -2.09. The monoisotopic (exact) mass is 443 g/mol. The molecule has 9 nitrogen and oxygen atoms in total. The Morgan fingerprint density at radius 1 is 1.11 bits per heavy atom. The van der Waals surface area contributed by atoms with E-state index in [9.17, 15) is 19.5 Å². The number of halogens is 1. The highest BCUT2D eigenvalue weighted by molar-refractivity contribution is 9.10. The zero-order valence-corrected chi connectivity index (χ0v) is 15.8. The van der Waals surface area contributed by atoms with Crippen LogP contribution in [0.3, 0.4) is 0 Å². The largest absolute Gasteiger partial charge is 0.493 e. The van der Waals surface area contributed by atoms with Crippen LogP contribution in [0.5, 0.6) is 5.88 Å². The molecule has 0 saturated heterocycles. The summed E-state index contributed by atoms with van der Waals surface area (Å²) in [5.41, 5.74) is 1.13. The molecule has 1 heterocycles. The summed E-state index contributed by atoms with van der Waals surface area (Å²) in [6.07, 6.45) is 0.952. The third-order valence-electron chi connectivity index (χ3n) is 3.60. The first kappa shape index (κ1) is 19.1. The summed E-state index contributed by atoms with van der Waals surface area (Å²) in [7, 11) is 0. The number of nitrogens with zero attached hydrogens (tertiary/aromatic N) is 2. The van der Waals surface area contributed by atoms with Gasteiger partial charge in [-0.05, 0) is 36.4 Å². The molecule has 0 atom stereocenters. The van der Waals surface area contributed by atoms with Crippen molar-refractivity contribution in [1.29, 1.82) is 0 Å². The van der Waals surface area contributed by atoms with E-state index >= 15 is 0 Å². The Morgan fingerprint density at radius 2 is 1.79 bits per heavy atom. The van der Waals surface area contributed by atoms with Gasteiger partial charge >= 0.3 is 11.7 Å². The molecule has 0 saturated carbocycles. The number of aromatic hydroxyl groups is 1. The van der Waals surface area contributed by atoms with Gasteiger partial charge in [0.15, 0.2) is 0 Å². The minimum absolute atomic E-state index is 0.289. The number of anilines is 1. The topological polar surface area (TPSA) is 129 Å². The van der Waals surface area contributed by atoms with Crippen LogP contribution >= 0.6 is 15.9 Å². The Morgan fingerprint density at radius 3 is 2.46 bits per heavy atom. The molecule has 0 aliphatic carbocycles. The molecule has 0 radical (unpaired) electrons. The van der Waals surface area contributed by atoms with Crippen molar-refractivity contribution in [3.8, 4) is 11.6 Å². The summed E-state index contributed by atoms with van der Waals surface area (Å²) in [4.78, 5) is 38.0. The van der Waals surface area contributed by atoms with Gasteiger partial charge in [0, 0.05) is 10.2 Å². The Hall–Kier alpha value is -3.66. The lowest BCUT2D eigenvalue weighted by atomic mass is 10.3. The SMILES string of the molecule is O=C(N/N=C/c1c(O)n(-c2ccc(Br)cc2)c(=O)[nH]c1=O)Nc1ccccc1. The first-order valence-electron chi connectivity index (χ1n) is 7.95. The van der Waals surface area contributed by atoms with E-state index < -0.39 is 23.2 Å². The van der Waals surface area contributed by atoms with Gasteiger partial charge < -0.3 is 10.4 Å². The maximum Gasteiger partial charge on any atom is 0.339 e. The minimum atomic E-state index is -0.843. The lowest BCUT2D eigenvalue weighted by Crippen LogP contribution is -2.31. The van der Waals surface area contributed by atoms with Gasteiger partial charge in [0.1, 0.15) is 5.56 Å². The molecule has 1 aromatic heterocycles. The molecule has 0 bridgehead atoms. The summed E-state index contributed by atoms with van der Waals surface area (Å²) >= 11 is 3.28. The third-order valence-corrected chi connectivity index (χ3v) is 4.13. The van der Waals surface area contributed by atoms with E-state index in [1.165, 1.54) is 0 Å². The van der Waals surface area contributed by atoms with Gasteiger partial charge in [0.05, 0.1) is 11.9 Å². The van der Waals surface area contributed by atoms with Crippen molar-refractivity contribution < 1.29 is 9.90 Å². The maximum atomic E-state index is 12.1. The zero-order chi connectivity index (χ0) is 20.1. The van der Waals surface area contributed by atoms with Crippen molar-refractivity contribution >= 4 is 33.9 Å². The van der Waals surface area contributed by atoms with Gasteiger partial charge in [-0.2, -0.15) is 5.10 Å². The number of aromatic nitrogens is 2. The molecule has 2 aromatic carbocycles. The molecular weight excluding hydrogens is 430 g/mol. The average Bonchev–Trinajstić information content (AvgIpc) is 2.66. The average molecular weight is 444 g/mol. The van der Waals surface area contributed by atoms with E-state index in [4.69, 9.17) is 0 Å². The van der Waals surface area contributed by atoms with E-state index in [0.717, 1.165) is 15.3 Å². The predicted molar refractivity (Wildman–Crippen MR) is 108 cm³/mol. The predicted octanol–water partition coefficient (Wildman–Crippen LogP) is 2.15. The highest BCUT2D eigenvalue weighted by atomic mass is 79.9. The highest BCUT2D eigenvalue weighted by Gasteiger charge is 2.14. The summed E-state index contributed by atoms with van der Waals surface area (Å²) < 4.78 is 1.70. The fourth-order valence-electron chi connectivity index (χ4n) is 2.32. The number of hydrazone groups is 1. The van der Waals surface area contributed by atoms with Crippen LogP contribution in [0.4, 0.5) is 10.5 Å². The molecule has 0 unspecified atom stereocenters. The van der Waals surface area contributed by atoms with Crippen molar-refractivity contribution in [1.82, 2.24) is 15.0 Å². The number of H-pyrrole nitrogens is 1. The van der Waals surface area contributed by atoms with Crippen molar-refractivity contribution in [3.05, 3.63) is 85.5 Å². The van der Waals surface area contributed by atoms with Crippen LogP contribution in [0.2, 0.25) is 0 Å². The van der Waals surface area contributed by atoms with Gasteiger partial charge in [-0.1, -0.05) is 34.1 Å². The van der Waals surface area contributed by atoms with E-state index in [0.29, 0.717) is 11.4 Å². The Balaban J connectivity index is 1.84. The second kappa shape index (κ2) is 8.35. The fourth-order valence-corrected chi connectivity index (χ4v) is 2.58. The lowest BCUT2D eigenvalue weighted by molar-refractivity contribution is 0.252. The van der Waals surface area contributed by atoms with E-state index in [-0.39, 0.29) is 5.56 Å². The first-order valence-corrected chi connectivity index (χ1v) is 8.74. The Kier molecular flexibility index (Phi) is 5.70. The number of urea groups is 1. The number of carbonyl (C=O) groups is 1. The van der Waals surface area contributed by atoms with Crippen LogP contribution in [0.1, 0.15) is 5.56 Å². The number of para-hydroxylation sites is 1. The van der Waals surface area contributed by atoms with Crippen LogP contribution in [-0.2, 0) is 0 Å². The molecule has 3 rings (SSSR count). The number of amides is 2. The van der Waals surface area contributed by atoms with Gasteiger partial charge in [-0.3, -0.25) is 9.78 Å². The van der Waals surface area contributed by atoms with Crippen LogP contribution < -0.4 is 22.0 Å². The van der Waals surface area contributed by atoms with Crippen molar-refractivity contribution in [2.45, 2.75) is 0 Å². The van der Waals surface area contributed by atoms with Crippen LogP contribution in [0.15, 0.2) is 73.8 Å². The fraction of sp³-hybridized carbons (Fsp3) is 0. The second-order valence-corrected chi connectivity index (χ2v) is 6.41. The van der Waals surface area contributed by atoms with E-state index in [2.05, 4.69) is 36.8 Å². The number of carbonyl (C=O) groups excluding carboxylic acids is 1. The molecule has 4 N–H and O–H groups in total. The molecule has 0 spiro atoms. The summed E-state index contributed by atoms with van der Waals surface area (Å²) in [5.74, 6) is -0.606. The van der Waals surface area contributed by atoms with Gasteiger partial charge in [0.2, 0.25) is 5.88 Å². The molecule has 0 aliphatic rings. The van der Waals surface area contributed by atoms with E-state index in [1.54, 1.807) is 54.6 Å². The molecule has 142 valence electrons. The zero-order valence-electron chi connectivity index (χ0n) is 14.2. The summed E-state index contributed by atoms with van der Waals surface area (Å²) in [6.45, 7) is 0. The molecule has 10 heteroatoms. The first-order chi connectivity index (χ1) is 13.5. The number of hydrogen-bond donors (Lipinski definition) is 4. The standard InChI is InChI=1S/C18H14BrN5O4/c19-11-6-8-13(9-7-11)24-16(26)14(15(25)22-18(24)28)10-20-23-17(27)21-12-4-2-1-3-5-12/h1-10,26H,(H2,21,23,27)(H,22,25,28)/b20-10+.